The van der Waals surface area contributed by atoms with Gasteiger partial charge in [0.2, 0.25) is 0 Å². The van der Waals surface area contributed by atoms with Gasteiger partial charge in [-0.1, -0.05) is 43.3 Å². The Labute approximate surface area is 149 Å². The van der Waals surface area contributed by atoms with Gasteiger partial charge in [-0.2, -0.15) is 0 Å². The van der Waals surface area contributed by atoms with Crippen LogP contribution >= 0.6 is 0 Å². The van der Waals surface area contributed by atoms with Crippen LogP contribution in [0.15, 0.2) is 42.5 Å². The number of carbonyl (C=O) groups is 2. The van der Waals surface area contributed by atoms with Gasteiger partial charge in [0.1, 0.15) is 0 Å². The van der Waals surface area contributed by atoms with Crippen LogP contribution in [-0.2, 0) is 0 Å². The molecule has 0 radical (unpaired) electrons. The smallest absolute Gasteiger partial charge is 0.405 e. The van der Waals surface area contributed by atoms with Crippen molar-refractivity contribution in [3.05, 3.63) is 48.0 Å². The number of carboxylic acid groups (broad SMARTS) is 1. The van der Waals surface area contributed by atoms with Crippen LogP contribution in [0.3, 0.4) is 0 Å². The molecule has 1 atom stereocenters. The van der Waals surface area contributed by atoms with Gasteiger partial charge in [0.25, 0.3) is 0 Å². The molecule has 2 aromatic rings. The van der Waals surface area contributed by atoms with Crippen LogP contribution in [0.4, 0.5) is 4.79 Å². The normalized spacial score (nSPS) is 12.8. The zero-order valence-corrected chi connectivity index (χ0v) is 15.2. The molecule has 134 valence electrons. The number of rotatable bonds is 8. The van der Waals surface area contributed by atoms with Crippen molar-refractivity contribution in [2.45, 2.75) is 52.0 Å². The summed E-state index contributed by atoms with van der Waals surface area (Å²) in [5.41, 5.74) is 0.321. The van der Waals surface area contributed by atoms with Crippen LogP contribution in [0.1, 0.15) is 56.8 Å². The molecule has 2 rings (SSSR count). The number of Topliss-reactive ketones (excluding diaryl/α,β-unsaturated/α-hetero) is 1. The first kappa shape index (κ1) is 19.0. The highest BCUT2D eigenvalue weighted by Gasteiger charge is 2.21. The molecule has 0 fully saturated rings. The average molecular weight is 341 g/mol. The predicted molar refractivity (Wildman–Crippen MR) is 101 cm³/mol. The predicted octanol–water partition coefficient (Wildman–Crippen LogP) is 5.27. The highest BCUT2D eigenvalue weighted by atomic mass is 16.4. The summed E-state index contributed by atoms with van der Waals surface area (Å²) in [4.78, 5) is 23.2. The zero-order valence-electron chi connectivity index (χ0n) is 15.2. The van der Waals surface area contributed by atoms with E-state index < -0.39 is 11.6 Å². The molecule has 4 heteroatoms. The fourth-order valence-electron chi connectivity index (χ4n) is 2.99. The minimum atomic E-state index is -0.996. The first-order valence-electron chi connectivity index (χ1n) is 8.80. The molecule has 0 saturated carbocycles. The van der Waals surface area contributed by atoms with Gasteiger partial charge in [-0.3, -0.25) is 4.79 Å². The summed E-state index contributed by atoms with van der Waals surface area (Å²) >= 11 is 0. The zero-order chi connectivity index (χ0) is 18.4. The third-order valence-corrected chi connectivity index (χ3v) is 4.64. The first-order chi connectivity index (χ1) is 11.8. The van der Waals surface area contributed by atoms with Gasteiger partial charge in [-0.25, -0.2) is 4.79 Å². The maximum absolute atomic E-state index is 12.4. The van der Waals surface area contributed by atoms with Crippen molar-refractivity contribution < 1.29 is 14.7 Å². The van der Waals surface area contributed by atoms with Crippen molar-refractivity contribution in [3.63, 3.8) is 0 Å². The minimum Gasteiger partial charge on any atom is -0.465 e. The third-order valence-electron chi connectivity index (χ3n) is 4.64. The summed E-state index contributed by atoms with van der Waals surface area (Å²) in [7, 11) is 0. The van der Waals surface area contributed by atoms with Crippen LogP contribution in [-0.4, -0.2) is 22.5 Å². The van der Waals surface area contributed by atoms with E-state index in [1.165, 1.54) is 0 Å². The van der Waals surface area contributed by atoms with Crippen molar-refractivity contribution in [1.29, 1.82) is 0 Å². The Balaban J connectivity index is 1.85. The van der Waals surface area contributed by atoms with E-state index >= 15 is 0 Å². The Morgan fingerprint density at radius 1 is 1.08 bits per heavy atom. The van der Waals surface area contributed by atoms with Crippen molar-refractivity contribution in [1.82, 2.24) is 5.32 Å². The van der Waals surface area contributed by atoms with Gasteiger partial charge >= 0.3 is 6.09 Å². The maximum Gasteiger partial charge on any atom is 0.405 e. The van der Waals surface area contributed by atoms with Crippen LogP contribution in [0.2, 0.25) is 0 Å². The molecule has 0 aromatic heterocycles. The molecule has 25 heavy (non-hydrogen) atoms. The lowest BCUT2D eigenvalue weighted by Gasteiger charge is -2.26. The topological polar surface area (TPSA) is 66.4 Å². The minimum absolute atomic E-state index is 0.167. The van der Waals surface area contributed by atoms with Gasteiger partial charge < -0.3 is 10.4 Å². The summed E-state index contributed by atoms with van der Waals surface area (Å²) in [5, 5.41) is 13.6. The Morgan fingerprint density at radius 3 is 2.44 bits per heavy atom. The molecule has 2 aromatic carbocycles. The Morgan fingerprint density at radius 2 is 1.76 bits per heavy atom. The number of hydrogen-bond acceptors (Lipinski definition) is 2. The lowest BCUT2D eigenvalue weighted by Crippen LogP contribution is -2.42. The highest BCUT2D eigenvalue weighted by molar-refractivity contribution is 5.99. The van der Waals surface area contributed by atoms with E-state index in [1.807, 2.05) is 56.3 Å². The molecule has 1 amide bonds. The largest absolute Gasteiger partial charge is 0.465 e. The molecule has 0 saturated heterocycles. The summed E-state index contributed by atoms with van der Waals surface area (Å²) in [5.74, 6) is 0.541. The monoisotopic (exact) mass is 341 g/mol. The standard InChI is InChI=1S/C21H27NO3/c1-15(12-13-21(2,3)22-20(24)25)8-11-19(23)18-10-9-16-6-4-5-7-17(16)14-18/h4-7,9-10,14-15,22H,8,11-13H2,1-3H3,(H,24,25). The van der Waals surface area contributed by atoms with Gasteiger partial charge in [0.05, 0.1) is 0 Å². The van der Waals surface area contributed by atoms with E-state index in [2.05, 4.69) is 12.2 Å². The Kier molecular flexibility index (Phi) is 6.18. The molecule has 2 N–H and O–H groups in total. The SMILES string of the molecule is CC(CCC(=O)c1ccc2ccccc2c1)CCC(C)(C)NC(=O)O. The lowest BCUT2D eigenvalue weighted by molar-refractivity contribution is 0.0973. The quantitative estimate of drug-likeness (QED) is 0.643. The van der Waals surface area contributed by atoms with E-state index in [1.54, 1.807) is 0 Å². The van der Waals surface area contributed by atoms with Gasteiger partial charge in [0.15, 0.2) is 5.78 Å². The van der Waals surface area contributed by atoms with Gasteiger partial charge in [-0.05, 0) is 55.9 Å². The van der Waals surface area contributed by atoms with Gasteiger partial charge in [0, 0.05) is 17.5 Å². The number of ketones is 1. The van der Waals surface area contributed by atoms with Crippen LogP contribution in [0.25, 0.3) is 10.8 Å². The van der Waals surface area contributed by atoms with Gasteiger partial charge in [-0.15, -0.1) is 0 Å². The highest BCUT2D eigenvalue weighted by Crippen LogP contribution is 2.22. The maximum atomic E-state index is 12.4. The van der Waals surface area contributed by atoms with Crippen molar-refractivity contribution in [3.8, 4) is 0 Å². The van der Waals surface area contributed by atoms with Crippen LogP contribution < -0.4 is 5.32 Å². The molecule has 0 aliphatic rings. The first-order valence-corrected chi connectivity index (χ1v) is 8.80. The Bertz CT molecular complexity index is 752. The second kappa shape index (κ2) is 8.15. The molecule has 0 aliphatic heterocycles. The number of carbonyl (C=O) groups excluding carboxylic acids is 1. The van der Waals surface area contributed by atoms with Crippen LogP contribution in [0, 0.1) is 5.92 Å². The second-order valence-corrected chi connectivity index (χ2v) is 7.48. The number of nitrogens with one attached hydrogen (secondary N) is 1. The van der Waals surface area contributed by atoms with E-state index in [-0.39, 0.29) is 5.78 Å². The Hall–Kier alpha value is -2.36. The summed E-state index contributed by atoms with van der Waals surface area (Å²) in [6.45, 7) is 5.88. The molecular formula is C21H27NO3. The summed E-state index contributed by atoms with van der Waals surface area (Å²) in [6, 6.07) is 13.9. The molecule has 0 heterocycles. The number of fused-ring (bicyclic) bond motifs is 1. The lowest BCUT2D eigenvalue weighted by atomic mass is 9.90. The fraction of sp³-hybridized carbons (Fsp3) is 0.429. The van der Waals surface area contributed by atoms with Crippen LogP contribution in [0.5, 0.6) is 0 Å². The summed E-state index contributed by atoms with van der Waals surface area (Å²) in [6.07, 6.45) is 1.98. The average Bonchev–Trinajstić information content (AvgIpc) is 2.56. The molecule has 4 nitrogen and oxygen atoms in total. The number of hydrogen-bond donors (Lipinski definition) is 2. The molecule has 1 unspecified atom stereocenters. The second-order valence-electron chi connectivity index (χ2n) is 7.48. The molecule has 0 spiro atoms. The van der Waals surface area contributed by atoms with E-state index in [0.717, 1.165) is 35.6 Å². The van der Waals surface area contributed by atoms with E-state index in [0.29, 0.717) is 12.3 Å². The van der Waals surface area contributed by atoms with Crippen molar-refractivity contribution in [2.75, 3.05) is 0 Å². The molecular weight excluding hydrogens is 314 g/mol. The molecule has 0 aliphatic carbocycles. The third kappa shape index (κ3) is 5.89. The van der Waals surface area contributed by atoms with E-state index in [4.69, 9.17) is 5.11 Å². The number of benzene rings is 2. The van der Waals surface area contributed by atoms with Crippen molar-refractivity contribution in [2.24, 2.45) is 5.92 Å². The fourth-order valence-corrected chi connectivity index (χ4v) is 2.99. The van der Waals surface area contributed by atoms with Crippen molar-refractivity contribution >= 4 is 22.6 Å². The molecule has 0 bridgehead atoms. The number of amides is 1. The van der Waals surface area contributed by atoms with E-state index in [9.17, 15) is 9.59 Å². The summed E-state index contributed by atoms with van der Waals surface area (Å²) < 4.78 is 0.